The minimum atomic E-state index is -0.961. The maximum Gasteiger partial charge on any atom is 0.331 e. The molecule has 0 atom stereocenters. The molecule has 2 aromatic rings. The molecule has 0 bridgehead atoms. The molecular formula is C18H19ClO4. The van der Waals surface area contributed by atoms with Gasteiger partial charge in [0.05, 0.1) is 19.2 Å². The number of carboxylic acid groups (broad SMARTS) is 1. The van der Waals surface area contributed by atoms with Crippen LogP contribution in [0.3, 0.4) is 0 Å². The van der Waals surface area contributed by atoms with Crippen LogP contribution in [-0.4, -0.2) is 25.3 Å². The van der Waals surface area contributed by atoms with Gasteiger partial charge in [-0.05, 0) is 12.5 Å². The Hall–Kier alpha value is -2.20. The minimum absolute atomic E-state index is 0.282. The van der Waals surface area contributed by atoms with E-state index >= 15 is 0 Å². The maximum atomic E-state index is 11.4. The molecule has 5 heteroatoms. The molecule has 1 N–H and O–H groups in total. The van der Waals surface area contributed by atoms with Crippen LogP contribution in [-0.2, 0) is 4.79 Å². The molecule has 2 aromatic carbocycles. The fourth-order valence-corrected chi connectivity index (χ4v) is 2.92. The van der Waals surface area contributed by atoms with Crippen molar-refractivity contribution in [3.8, 4) is 11.5 Å². The lowest BCUT2D eigenvalue weighted by atomic mass is 10.0. The van der Waals surface area contributed by atoms with Crippen LogP contribution >= 0.6 is 11.6 Å². The van der Waals surface area contributed by atoms with Crippen molar-refractivity contribution in [2.45, 2.75) is 19.8 Å². The maximum absolute atomic E-state index is 11.4. The zero-order valence-corrected chi connectivity index (χ0v) is 14.1. The van der Waals surface area contributed by atoms with Crippen LogP contribution in [0.5, 0.6) is 11.5 Å². The van der Waals surface area contributed by atoms with E-state index in [2.05, 4.69) is 0 Å². The fraction of sp³-hybridized carbons (Fsp3) is 0.278. The van der Waals surface area contributed by atoms with Gasteiger partial charge in [-0.2, -0.15) is 0 Å². The van der Waals surface area contributed by atoms with Gasteiger partial charge in [-0.3, -0.25) is 0 Å². The molecule has 0 heterocycles. The zero-order valence-electron chi connectivity index (χ0n) is 13.4. The first-order chi connectivity index (χ1) is 11.0. The number of ether oxygens (including phenoxy) is 2. The van der Waals surface area contributed by atoms with Crippen molar-refractivity contribution in [3.05, 3.63) is 40.4 Å². The van der Waals surface area contributed by atoms with Gasteiger partial charge < -0.3 is 14.6 Å². The molecule has 0 saturated carbocycles. The van der Waals surface area contributed by atoms with Gasteiger partial charge in [0.25, 0.3) is 0 Å². The summed E-state index contributed by atoms with van der Waals surface area (Å²) in [7, 11) is 3.08. The normalized spacial score (nSPS) is 11.6. The Kier molecular flexibility index (Phi) is 5.50. The number of hydrogen-bond acceptors (Lipinski definition) is 3. The Morgan fingerprint density at radius 2 is 1.74 bits per heavy atom. The van der Waals surface area contributed by atoms with Crippen molar-refractivity contribution in [2.24, 2.45) is 0 Å². The predicted molar refractivity (Wildman–Crippen MR) is 92.6 cm³/mol. The standard InChI is InChI=1S/C18H19ClO4/c1-4-7-11(18(20)21)10-14-15(19)17(23-3)13-9-6-5-8-12(13)16(14)22-2/h5-6,8-10H,4,7H2,1-3H3,(H,20,21). The summed E-state index contributed by atoms with van der Waals surface area (Å²) in [5, 5.41) is 11.4. The summed E-state index contributed by atoms with van der Waals surface area (Å²) in [6.07, 6.45) is 2.74. The molecule has 0 fully saturated rings. The summed E-state index contributed by atoms with van der Waals surface area (Å²) in [5.74, 6) is 0.0916. The van der Waals surface area contributed by atoms with Gasteiger partial charge >= 0.3 is 5.97 Å². The molecule has 0 aliphatic heterocycles. The van der Waals surface area contributed by atoms with Crippen molar-refractivity contribution in [3.63, 3.8) is 0 Å². The number of aliphatic carboxylic acids is 1. The van der Waals surface area contributed by atoms with Crippen LogP contribution in [0, 0.1) is 0 Å². The number of benzene rings is 2. The van der Waals surface area contributed by atoms with Crippen LogP contribution in [0.25, 0.3) is 16.8 Å². The molecule has 0 radical (unpaired) electrons. The summed E-state index contributed by atoms with van der Waals surface area (Å²) >= 11 is 6.48. The van der Waals surface area contributed by atoms with E-state index in [0.717, 1.165) is 17.2 Å². The van der Waals surface area contributed by atoms with E-state index in [0.29, 0.717) is 28.5 Å². The Balaban J connectivity index is 2.84. The molecule has 4 nitrogen and oxygen atoms in total. The first-order valence-corrected chi connectivity index (χ1v) is 7.68. The lowest BCUT2D eigenvalue weighted by Gasteiger charge is -2.16. The highest BCUT2D eigenvalue weighted by Gasteiger charge is 2.19. The van der Waals surface area contributed by atoms with E-state index in [1.165, 1.54) is 7.11 Å². The van der Waals surface area contributed by atoms with Crippen LogP contribution in [0.4, 0.5) is 0 Å². The lowest BCUT2D eigenvalue weighted by Crippen LogP contribution is -2.01. The van der Waals surface area contributed by atoms with Crippen molar-refractivity contribution in [2.75, 3.05) is 14.2 Å². The summed E-state index contributed by atoms with van der Waals surface area (Å²) in [5.41, 5.74) is 0.806. The number of rotatable bonds is 6. The van der Waals surface area contributed by atoms with Gasteiger partial charge in [0.1, 0.15) is 11.5 Å². The third-order valence-electron chi connectivity index (χ3n) is 3.62. The molecule has 0 amide bonds. The number of fused-ring (bicyclic) bond motifs is 1. The van der Waals surface area contributed by atoms with Gasteiger partial charge in [-0.1, -0.05) is 49.2 Å². The third-order valence-corrected chi connectivity index (χ3v) is 3.99. The second kappa shape index (κ2) is 7.38. The summed E-state index contributed by atoms with van der Waals surface area (Å²) < 4.78 is 11.0. The molecule has 23 heavy (non-hydrogen) atoms. The first kappa shape index (κ1) is 17.2. The van der Waals surface area contributed by atoms with Crippen LogP contribution in [0.2, 0.25) is 5.02 Å². The molecule has 0 unspecified atom stereocenters. The number of carbonyl (C=O) groups is 1. The molecule has 0 aliphatic carbocycles. The van der Waals surface area contributed by atoms with Gasteiger partial charge in [0.2, 0.25) is 0 Å². The van der Waals surface area contributed by atoms with E-state index in [-0.39, 0.29) is 5.57 Å². The average molecular weight is 335 g/mol. The van der Waals surface area contributed by atoms with Crippen molar-refractivity contribution in [1.82, 2.24) is 0 Å². The molecule has 2 rings (SSSR count). The number of carboxylic acids is 1. The van der Waals surface area contributed by atoms with Gasteiger partial charge in [0, 0.05) is 21.9 Å². The van der Waals surface area contributed by atoms with Crippen molar-refractivity contribution < 1.29 is 19.4 Å². The lowest BCUT2D eigenvalue weighted by molar-refractivity contribution is -0.132. The minimum Gasteiger partial charge on any atom is -0.495 e. The SMILES string of the molecule is CCCC(=Cc1c(Cl)c(OC)c2ccccc2c1OC)C(=O)O. The molecule has 122 valence electrons. The Bertz CT molecular complexity index is 765. The van der Waals surface area contributed by atoms with Gasteiger partial charge in [-0.25, -0.2) is 4.79 Å². The number of hydrogen-bond donors (Lipinski definition) is 1. The smallest absolute Gasteiger partial charge is 0.331 e. The zero-order chi connectivity index (χ0) is 17.0. The van der Waals surface area contributed by atoms with Crippen molar-refractivity contribution in [1.29, 1.82) is 0 Å². The Labute approximate surface area is 140 Å². The molecule has 0 saturated heterocycles. The molecule has 0 aliphatic rings. The topological polar surface area (TPSA) is 55.8 Å². The Morgan fingerprint density at radius 3 is 2.22 bits per heavy atom. The highest BCUT2D eigenvalue weighted by molar-refractivity contribution is 6.35. The van der Waals surface area contributed by atoms with E-state index in [1.807, 2.05) is 31.2 Å². The molecular weight excluding hydrogens is 316 g/mol. The summed E-state index contributed by atoms with van der Waals surface area (Å²) in [6.45, 7) is 1.93. The number of halogens is 1. The second-order valence-corrected chi connectivity index (χ2v) is 5.44. The van der Waals surface area contributed by atoms with Crippen LogP contribution in [0.1, 0.15) is 25.3 Å². The first-order valence-electron chi connectivity index (χ1n) is 7.31. The van der Waals surface area contributed by atoms with Crippen molar-refractivity contribution >= 4 is 34.4 Å². The van der Waals surface area contributed by atoms with E-state index in [4.69, 9.17) is 21.1 Å². The van der Waals surface area contributed by atoms with E-state index in [9.17, 15) is 9.90 Å². The highest BCUT2D eigenvalue weighted by Crippen LogP contribution is 2.44. The predicted octanol–water partition coefficient (Wildman–Crippen LogP) is 4.78. The average Bonchev–Trinajstić information content (AvgIpc) is 2.54. The van der Waals surface area contributed by atoms with Crippen LogP contribution < -0.4 is 9.47 Å². The molecule has 0 spiro atoms. The summed E-state index contributed by atoms with van der Waals surface area (Å²) in [4.78, 5) is 11.4. The summed E-state index contributed by atoms with van der Waals surface area (Å²) in [6, 6.07) is 7.55. The number of methoxy groups -OCH3 is 2. The third kappa shape index (κ3) is 3.27. The highest BCUT2D eigenvalue weighted by atomic mass is 35.5. The van der Waals surface area contributed by atoms with E-state index in [1.54, 1.807) is 13.2 Å². The van der Waals surface area contributed by atoms with E-state index < -0.39 is 5.97 Å². The fourth-order valence-electron chi connectivity index (χ4n) is 2.60. The quantitative estimate of drug-likeness (QED) is 0.772. The Morgan fingerprint density at radius 1 is 1.17 bits per heavy atom. The molecule has 0 aromatic heterocycles. The largest absolute Gasteiger partial charge is 0.495 e. The second-order valence-electron chi connectivity index (χ2n) is 5.06. The van der Waals surface area contributed by atoms with Gasteiger partial charge in [0.15, 0.2) is 0 Å². The monoisotopic (exact) mass is 334 g/mol. The van der Waals surface area contributed by atoms with Crippen LogP contribution in [0.15, 0.2) is 29.8 Å². The van der Waals surface area contributed by atoms with Gasteiger partial charge in [-0.15, -0.1) is 0 Å².